The van der Waals surface area contributed by atoms with Crippen LogP contribution in [0, 0.1) is 0 Å². The number of rotatable bonds is 3. The van der Waals surface area contributed by atoms with E-state index in [1.807, 2.05) is 13.0 Å². The normalized spacial score (nSPS) is 28.4. The van der Waals surface area contributed by atoms with Crippen molar-refractivity contribution >= 4 is 5.69 Å². The van der Waals surface area contributed by atoms with Gasteiger partial charge in [-0.05, 0) is 38.8 Å². The molecule has 1 N–H and O–H groups in total. The molecule has 2 heterocycles. The summed E-state index contributed by atoms with van der Waals surface area (Å²) < 4.78 is 0. The second kappa shape index (κ2) is 5.74. The molecule has 2 unspecified atom stereocenters. The predicted octanol–water partition coefficient (Wildman–Crippen LogP) is 2.80. The van der Waals surface area contributed by atoms with Gasteiger partial charge >= 0.3 is 0 Å². The Labute approximate surface area is 122 Å². The van der Waals surface area contributed by atoms with Crippen molar-refractivity contribution in [3.05, 3.63) is 29.8 Å². The smallest absolute Gasteiger partial charge is 0.0807 e. The topological polar surface area (TPSA) is 26.7 Å². The van der Waals surface area contributed by atoms with Crippen LogP contribution in [0.25, 0.3) is 0 Å². The van der Waals surface area contributed by atoms with E-state index in [0.29, 0.717) is 6.04 Å². The average Bonchev–Trinajstić information content (AvgIpc) is 2.71. The highest BCUT2D eigenvalue weighted by Crippen LogP contribution is 2.34. The standard InChI is InChI=1S/C17H26N2O/c1-3-17(20)15-6-4-5-7-16(15)19-11-10-13-8-9-14(12-19)18(13)2/h4-7,13-14,17,20H,3,8-12H2,1-2H3/t13?,14?,17-/m0/s1. The molecule has 0 saturated carbocycles. The SMILES string of the molecule is CC[C@H](O)c1ccccc1N1CCC2CCC(C1)N2C. The van der Waals surface area contributed by atoms with Gasteiger partial charge in [0.05, 0.1) is 6.10 Å². The zero-order chi connectivity index (χ0) is 14.1. The molecule has 0 amide bonds. The molecule has 2 aliphatic heterocycles. The third-order valence-corrected chi connectivity index (χ3v) is 5.17. The summed E-state index contributed by atoms with van der Waals surface area (Å²) in [5.74, 6) is 0. The van der Waals surface area contributed by atoms with Crippen molar-refractivity contribution in [1.29, 1.82) is 0 Å². The predicted molar refractivity (Wildman–Crippen MR) is 83.1 cm³/mol. The molecule has 0 aromatic heterocycles. The monoisotopic (exact) mass is 274 g/mol. The van der Waals surface area contributed by atoms with Crippen LogP contribution < -0.4 is 4.90 Å². The fraction of sp³-hybridized carbons (Fsp3) is 0.647. The second-order valence-electron chi connectivity index (χ2n) is 6.27. The fourth-order valence-corrected chi connectivity index (χ4v) is 3.80. The number of benzene rings is 1. The van der Waals surface area contributed by atoms with E-state index in [4.69, 9.17) is 0 Å². The second-order valence-corrected chi connectivity index (χ2v) is 6.27. The van der Waals surface area contributed by atoms with Crippen molar-refractivity contribution in [2.75, 3.05) is 25.0 Å². The summed E-state index contributed by atoms with van der Waals surface area (Å²) in [6.45, 7) is 4.25. The lowest BCUT2D eigenvalue weighted by molar-refractivity contribution is 0.174. The fourth-order valence-electron chi connectivity index (χ4n) is 3.80. The Kier molecular flexibility index (Phi) is 3.99. The van der Waals surface area contributed by atoms with Crippen molar-refractivity contribution in [3.63, 3.8) is 0 Å². The summed E-state index contributed by atoms with van der Waals surface area (Å²) in [4.78, 5) is 5.06. The van der Waals surface area contributed by atoms with Gasteiger partial charge in [-0.1, -0.05) is 25.1 Å². The molecule has 2 bridgehead atoms. The zero-order valence-corrected chi connectivity index (χ0v) is 12.6. The van der Waals surface area contributed by atoms with Crippen LogP contribution in [-0.2, 0) is 0 Å². The zero-order valence-electron chi connectivity index (χ0n) is 12.6. The molecule has 3 rings (SSSR count). The molecule has 0 radical (unpaired) electrons. The summed E-state index contributed by atoms with van der Waals surface area (Å²) in [6.07, 6.45) is 4.34. The quantitative estimate of drug-likeness (QED) is 0.918. The largest absolute Gasteiger partial charge is 0.388 e. The Morgan fingerprint density at radius 1 is 1.20 bits per heavy atom. The molecule has 1 aromatic carbocycles. The average molecular weight is 274 g/mol. The van der Waals surface area contributed by atoms with Crippen LogP contribution >= 0.6 is 0 Å². The Bertz CT molecular complexity index is 462. The number of anilines is 1. The lowest BCUT2D eigenvalue weighted by atomic mass is 10.0. The van der Waals surface area contributed by atoms with Crippen molar-refractivity contribution in [2.45, 2.75) is 50.8 Å². The van der Waals surface area contributed by atoms with Gasteiger partial charge in [0.1, 0.15) is 0 Å². The Balaban J connectivity index is 1.86. The maximum absolute atomic E-state index is 10.3. The van der Waals surface area contributed by atoms with Crippen LogP contribution in [0.4, 0.5) is 5.69 Å². The van der Waals surface area contributed by atoms with Gasteiger partial charge in [0.15, 0.2) is 0 Å². The van der Waals surface area contributed by atoms with Crippen molar-refractivity contribution < 1.29 is 5.11 Å². The van der Waals surface area contributed by atoms with Crippen molar-refractivity contribution in [1.82, 2.24) is 4.90 Å². The van der Waals surface area contributed by atoms with Gasteiger partial charge < -0.3 is 10.0 Å². The summed E-state index contributed by atoms with van der Waals surface area (Å²) in [7, 11) is 2.28. The van der Waals surface area contributed by atoms with Gasteiger partial charge in [0.25, 0.3) is 0 Å². The van der Waals surface area contributed by atoms with Crippen molar-refractivity contribution in [2.24, 2.45) is 0 Å². The van der Waals surface area contributed by atoms with Gasteiger partial charge in [-0.2, -0.15) is 0 Å². The maximum atomic E-state index is 10.3. The first-order valence-electron chi connectivity index (χ1n) is 7.94. The van der Waals surface area contributed by atoms with Gasteiger partial charge in [-0.25, -0.2) is 0 Å². The summed E-state index contributed by atoms with van der Waals surface area (Å²) in [5.41, 5.74) is 2.33. The number of hydrogen-bond donors (Lipinski definition) is 1. The first-order chi connectivity index (χ1) is 9.70. The van der Waals surface area contributed by atoms with E-state index in [-0.39, 0.29) is 6.10 Å². The molecular weight excluding hydrogens is 248 g/mol. The van der Waals surface area contributed by atoms with Crippen LogP contribution in [-0.4, -0.2) is 42.2 Å². The molecular formula is C17H26N2O. The van der Waals surface area contributed by atoms with Crippen LogP contribution in [0.1, 0.15) is 44.3 Å². The van der Waals surface area contributed by atoms with E-state index in [1.54, 1.807) is 0 Å². The highest BCUT2D eigenvalue weighted by Gasteiger charge is 2.35. The van der Waals surface area contributed by atoms with E-state index in [2.05, 4.69) is 35.0 Å². The molecule has 0 spiro atoms. The van der Waals surface area contributed by atoms with Gasteiger partial charge in [0, 0.05) is 36.4 Å². The lowest BCUT2D eigenvalue weighted by Crippen LogP contribution is -2.37. The number of nitrogens with zero attached hydrogens (tertiary/aromatic N) is 2. The number of para-hydroxylation sites is 1. The molecule has 2 aliphatic rings. The third-order valence-electron chi connectivity index (χ3n) is 5.17. The molecule has 3 heteroatoms. The van der Waals surface area contributed by atoms with E-state index >= 15 is 0 Å². The summed E-state index contributed by atoms with van der Waals surface area (Å²) >= 11 is 0. The summed E-state index contributed by atoms with van der Waals surface area (Å²) in [6, 6.07) is 9.81. The van der Waals surface area contributed by atoms with Crippen LogP contribution in [0.2, 0.25) is 0 Å². The number of aliphatic hydroxyl groups is 1. The molecule has 3 atom stereocenters. The molecule has 110 valence electrons. The van der Waals surface area contributed by atoms with Gasteiger partial charge in [-0.3, -0.25) is 4.90 Å². The van der Waals surface area contributed by atoms with E-state index in [0.717, 1.165) is 31.1 Å². The van der Waals surface area contributed by atoms with E-state index in [9.17, 15) is 5.11 Å². The van der Waals surface area contributed by atoms with E-state index < -0.39 is 0 Å². The first kappa shape index (κ1) is 13.9. The summed E-state index contributed by atoms with van der Waals surface area (Å²) in [5, 5.41) is 10.3. The minimum absolute atomic E-state index is 0.343. The number of hydrogen-bond acceptors (Lipinski definition) is 3. The Morgan fingerprint density at radius 3 is 2.75 bits per heavy atom. The van der Waals surface area contributed by atoms with Gasteiger partial charge in [0.2, 0.25) is 0 Å². The highest BCUT2D eigenvalue weighted by molar-refractivity contribution is 5.55. The maximum Gasteiger partial charge on any atom is 0.0807 e. The van der Waals surface area contributed by atoms with Crippen molar-refractivity contribution in [3.8, 4) is 0 Å². The van der Waals surface area contributed by atoms with Crippen LogP contribution in [0.3, 0.4) is 0 Å². The van der Waals surface area contributed by atoms with E-state index in [1.165, 1.54) is 24.9 Å². The Hall–Kier alpha value is -1.06. The molecule has 2 fully saturated rings. The molecule has 3 nitrogen and oxygen atoms in total. The Morgan fingerprint density at radius 2 is 1.95 bits per heavy atom. The minimum Gasteiger partial charge on any atom is -0.388 e. The number of aliphatic hydroxyl groups excluding tert-OH is 1. The molecule has 2 saturated heterocycles. The highest BCUT2D eigenvalue weighted by atomic mass is 16.3. The molecule has 1 aromatic rings. The lowest BCUT2D eigenvalue weighted by Gasteiger charge is -2.30. The molecule has 20 heavy (non-hydrogen) atoms. The number of likely N-dealkylation sites (N-methyl/N-ethyl adjacent to an activating group) is 1. The molecule has 0 aliphatic carbocycles. The first-order valence-corrected chi connectivity index (χ1v) is 7.94. The van der Waals surface area contributed by atoms with Gasteiger partial charge in [-0.15, -0.1) is 0 Å². The minimum atomic E-state index is -0.343. The van der Waals surface area contributed by atoms with Crippen LogP contribution in [0.15, 0.2) is 24.3 Å². The third kappa shape index (κ3) is 2.45. The van der Waals surface area contributed by atoms with Crippen LogP contribution in [0.5, 0.6) is 0 Å². The number of fused-ring (bicyclic) bond motifs is 2.